The van der Waals surface area contributed by atoms with E-state index >= 15 is 0 Å². The van der Waals surface area contributed by atoms with Gasteiger partial charge in [-0.05, 0) is 42.5 Å². The van der Waals surface area contributed by atoms with Crippen LogP contribution in [0.1, 0.15) is 10.4 Å². The summed E-state index contributed by atoms with van der Waals surface area (Å²) in [6.07, 6.45) is -1.16. The van der Waals surface area contributed by atoms with Crippen molar-refractivity contribution in [3.8, 4) is 0 Å². The van der Waals surface area contributed by atoms with Crippen molar-refractivity contribution in [2.45, 2.75) is 9.96 Å². The molecule has 0 fully saturated rings. The van der Waals surface area contributed by atoms with Crippen LogP contribution in [0.15, 0.2) is 40.9 Å². The quantitative estimate of drug-likeness (QED) is 0.210. The monoisotopic (exact) mass is 581 g/mol. The second-order valence-corrected chi connectivity index (χ2v) is 10.2. The molecule has 3 N–H and O–H groups in total. The van der Waals surface area contributed by atoms with Gasteiger partial charge in [0.05, 0.1) is 15.7 Å². The summed E-state index contributed by atoms with van der Waals surface area (Å²) in [6.45, 7) is 0. The number of benzene rings is 2. The molecule has 2 aromatic carbocycles. The molecule has 1 atom stereocenters. The third kappa shape index (κ3) is 6.96. The minimum absolute atomic E-state index is 0.0111. The normalized spacial score (nSPS) is 12.2. The molecule has 0 bridgehead atoms. The summed E-state index contributed by atoms with van der Waals surface area (Å²) in [5, 5.41) is 8.94. The van der Waals surface area contributed by atoms with Crippen LogP contribution < -0.4 is 16.0 Å². The van der Waals surface area contributed by atoms with E-state index < -0.39 is 15.9 Å². The number of anilines is 1. The van der Waals surface area contributed by atoms with E-state index in [2.05, 4.69) is 31.9 Å². The van der Waals surface area contributed by atoms with Crippen LogP contribution in [0.5, 0.6) is 0 Å². The molecule has 2 rings (SSSR count). The number of halogens is 7. The van der Waals surface area contributed by atoms with Crippen LogP contribution >= 0.6 is 97.8 Å². The molecule has 150 valence electrons. The van der Waals surface area contributed by atoms with Crippen LogP contribution in [0.3, 0.4) is 0 Å². The Bertz CT molecular complexity index is 885. The van der Waals surface area contributed by atoms with Crippen molar-refractivity contribution in [2.75, 3.05) is 5.32 Å². The van der Waals surface area contributed by atoms with E-state index in [0.29, 0.717) is 16.3 Å². The molecule has 0 saturated heterocycles. The van der Waals surface area contributed by atoms with E-state index in [9.17, 15) is 4.79 Å². The van der Waals surface area contributed by atoms with Crippen molar-refractivity contribution in [1.29, 1.82) is 0 Å². The summed E-state index contributed by atoms with van der Waals surface area (Å²) in [5.41, 5.74) is 0.671. The molecule has 4 nitrogen and oxygen atoms in total. The molecule has 0 radical (unpaired) electrons. The molecule has 0 aliphatic rings. The van der Waals surface area contributed by atoms with Gasteiger partial charge >= 0.3 is 0 Å². The largest absolute Gasteiger partial charge is 0.339 e. The maximum absolute atomic E-state index is 12.5. The van der Waals surface area contributed by atoms with Crippen LogP contribution in [-0.2, 0) is 0 Å². The van der Waals surface area contributed by atoms with Crippen LogP contribution in [0.4, 0.5) is 5.69 Å². The van der Waals surface area contributed by atoms with Gasteiger partial charge in [-0.1, -0.05) is 91.6 Å². The van der Waals surface area contributed by atoms with Crippen molar-refractivity contribution in [2.24, 2.45) is 0 Å². The van der Waals surface area contributed by atoms with Gasteiger partial charge in [0.25, 0.3) is 5.91 Å². The molecule has 2 aromatic rings. The minimum Gasteiger partial charge on any atom is -0.339 e. The average Bonchev–Trinajstić information content (AvgIpc) is 2.56. The predicted molar refractivity (Wildman–Crippen MR) is 127 cm³/mol. The summed E-state index contributed by atoms with van der Waals surface area (Å²) in [7, 11) is 0. The number of carbonyl (C=O) groups is 1. The summed E-state index contributed by atoms with van der Waals surface area (Å²) in [6, 6.07) is 9.68. The Balaban J connectivity index is 2.14. The molecule has 0 spiro atoms. The highest BCUT2D eigenvalue weighted by Gasteiger charge is 2.35. The summed E-state index contributed by atoms with van der Waals surface area (Å²) >= 11 is 44.6. The van der Waals surface area contributed by atoms with Crippen LogP contribution in [-0.4, -0.2) is 21.0 Å². The van der Waals surface area contributed by atoms with Crippen molar-refractivity contribution in [1.82, 2.24) is 10.6 Å². The van der Waals surface area contributed by atoms with Gasteiger partial charge in [0, 0.05) is 15.1 Å². The van der Waals surface area contributed by atoms with Gasteiger partial charge in [-0.15, -0.1) is 0 Å². The smallest absolute Gasteiger partial charge is 0.253 e. The molecule has 0 saturated carbocycles. The van der Waals surface area contributed by atoms with Crippen molar-refractivity contribution in [3.63, 3.8) is 0 Å². The first-order valence-electron chi connectivity index (χ1n) is 7.32. The first kappa shape index (κ1) is 24.1. The van der Waals surface area contributed by atoms with Crippen LogP contribution in [0.25, 0.3) is 0 Å². The third-order valence-corrected chi connectivity index (χ3v) is 5.39. The summed E-state index contributed by atoms with van der Waals surface area (Å²) in [5.74, 6) is -0.476. The topological polar surface area (TPSA) is 53.2 Å². The Morgan fingerprint density at radius 1 is 1.04 bits per heavy atom. The lowest BCUT2D eigenvalue weighted by atomic mass is 10.2. The zero-order valence-electron chi connectivity index (χ0n) is 13.5. The number of rotatable bonds is 4. The van der Waals surface area contributed by atoms with Gasteiger partial charge in [-0.25, -0.2) is 0 Å². The minimum atomic E-state index is -1.92. The maximum Gasteiger partial charge on any atom is 0.253 e. The van der Waals surface area contributed by atoms with Gasteiger partial charge in [-0.3, -0.25) is 4.79 Å². The second kappa shape index (κ2) is 10.2. The number of nitrogens with one attached hydrogen (secondary N) is 3. The highest BCUT2D eigenvalue weighted by Crippen LogP contribution is 2.34. The highest BCUT2D eigenvalue weighted by atomic mass is 79.9. The molecule has 0 unspecified atom stereocenters. The van der Waals surface area contributed by atoms with E-state index in [-0.39, 0.29) is 15.2 Å². The predicted octanol–water partition coefficient (Wildman–Crippen LogP) is 6.82. The molecular formula is C16H10BrCl6N3OS. The zero-order valence-corrected chi connectivity index (χ0v) is 20.4. The average molecular weight is 585 g/mol. The third-order valence-electron chi connectivity index (χ3n) is 3.21. The van der Waals surface area contributed by atoms with Gasteiger partial charge in [-0.2, -0.15) is 0 Å². The molecular weight excluding hydrogens is 575 g/mol. The van der Waals surface area contributed by atoms with Gasteiger partial charge in [0.2, 0.25) is 3.79 Å². The summed E-state index contributed by atoms with van der Waals surface area (Å²) in [4.78, 5) is 12.5. The first-order valence-corrected chi connectivity index (χ1v) is 10.8. The van der Waals surface area contributed by atoms with E-state index in [1.807, 2.05) is 0 Å². The fourth-order valence-electron chi connectivity index (χ4n) is 1.99. The number of thiocarbonyl (C=S) groups is 1. The van der Waals surface area contributed by atoms with Crippen LogP contribution in [0, 0.1) is 0 Å². The molecule has 28 heavy (non-hydrogen) atoms. The Kier molecular flexibility index (Phi) is 8.80. The number of amides is 1. The SMILES string of the molecule is O=C(N[C@H](NC(=S)Nc1c(Cl)cc(Cl)cc1Cl)C(Cl)(Cl)Cl)c1cccc(Br)c1. The Labute approximate surface area is 205 Å². The lowest BCUT2D eigenvalue weighted by molar-refractivity contribution is 0.0934. The Morgan fingerprint density at radius 3 is 2.18 bits per heavy atom. The van der Waals surface area contributed by atoms with Gasteiger partial charge < -0.3 is 16.0 Å². The lowest BCUT2D eigenvalue weighted by Crippen LogP contribution is -2.56. The first-order chi connectivity index (χ1) is 13.0. The molecule has 0 aromatic heterocycles. The Hall–Kier alpha value is -0.180. The molecule has 0 aliphatic heterocycles. The number of alkyl halides is 3. The number of hydrogen-bond donors (Lipinski definition) is 3. The molecule has 1 amide bonds. The fourth-order valence-corrected chi connectivity index (χ4v) is 3.84. The standard InChI is InChI=1S/C16H10BrCl6N3OS/c17-8-3-1-2-7(4-8)13(27)25-14(16(21,22)23)26-15(28)24-12-10(19)5-9(18)6-11(12)20/h1-6,14H,(H,25,27)(H2,24,26,28)/t14-/m1/s1. The summed E-state index contributed by atoms with van der Waals surface area (Å²) < 4.78 is -1.19. The molecule has 0 aliphatic carbocycles. The molecule has 0 heterocycles. The van der Waals surface area contributed by atoms with E-state index in [1.54, 1.807) is 24.3 Å². The maximum atomic E-state index is 12.5. The van der Waals surface area contributed by atoms with E-state index in [4.69, 9.17) is 81.8 Å². The zero-order chi connectivity index (χ0) is 21.1. The van der Waals surface area contributed by atoms with Crippen LogP contribution in [0.2, 0.25) is 15.1 Å². The van der Waals surface area contributed by atoms with Gasteiger partial charge in [0.15, 0.2) is 5.11 Å². The Morgan fingerprint density at radius 2 is 1.64 bits per heavy atom. The van der Waals surface area contributed by atoms with Crippen molar-refractivity contribution < 1.29 is 4.79 Å². The van der Waals surface area contributed by atoms with E-state index in [1.165, 1.54) is 12.1 Å². The van der Waals surface area contributed by atoms with E-state index in [0.717, 1.165) is 4.47 Å². The fraction of sp³-hybridized carbons (Fsp3) is 0.125. The van der Waals surface area contributed by atoms with Gasteiger partial charge in [0.1, 0.15) is 6.17 Å². The number of carbonyl (C=O) groups excluding carboxylic acids is 1. The lowest BCUT2D eigenvalue weighted by Gasteiger charge is -2.28. The van der Waals surface area contributed by atoms with Crippen molar-refractivity contribution in [3.05, 3.63) is 61.5 Å². The number of hydrogen-bond acceptors (Lipinski definition) is 2. The molecule has 12 heteroatoms. The van der Waals surface area contributed by atoms with Crippen molar-refractivity contribution >= 4 is 114 Å². The highest BCUT2D eigenvalue weighted by molar-refractivity contribution is 9.10. The second-order valence-electron chi connectivity index (χ2n) is 5.30.